The van der Waals surface area contributed by atoms with E-state index in [1.165, 1.54) is 0 Å². The normalized spacial score (nSPS) is 25.8. The van der Waals surface area contributed by atoms with Crippen LogP contribution >= 0.6 is 0 Å². The zero-order chi connectivity index (χ0) is 8.97. The predicted molar refractivity (Wildman–Crippen MR) is 50.7 cm³/mol. The SMILES string of the molecule is CN1/C=C\N(C)/C=C/N(C)/C=C/1. The highest BCUT2D eigenvalue weighted by atomic mass is 15.2. The number of nitrogens with zero attached hydrogens (tertiary/aromatic N) is 3. The smallest absolute Gasteiger partial charge is 0.0194 e. The molecule has 0 aromatic heterocycles. The molecule has 1 rings (SSSR count). The summed E-state index contributed by atoms with van der Waals surface area (Å²) in [4.78, 5) is 6.00. The Balaban J connectivity index is 2.74. The van der Waals surface area contributed by atoms with E-state index in [1.807, 2.05) is 73.0 Å². The first-order valence-electron chi connectivity index (χ1n) is 3.89. The fraction of sp³-hybridized carbons (Fsp3) is 0.333. The van der Waals surface area contributed by atoms with E-state index in [1.54, 1.807) is 0 Å². The molecule has 0 bridgehead atoms. The predicted octanol–water partition coefficient (Wildman–Crippen LogP) is 1.21. The lowest BCUT2D eigenvalue weighted by Gasteiger charge is -2.08. The Morgan fingerprint density at radius 3 is 0.833 bits per heavy atom. The van der Waals surface area contributed by atoms with Crippen LogP contribution in [0.5, 0.6) is 0 Å². The molecule has 0 atom stereocenters. The second kappa shape index (κ2) is 3.85. The van der Waals surface area contributed by atoms with Gasteiger partial charge in [-0.05, 0) is 0 Å². The minimum Gasteiger partial charge on any atom is -0.354 e. The highest BCUT2D eigenvalue weighted by Gasteiger charge is 1.90. The Morgan fingerprint density at radius 2 is 0.667 bits per heavy atom. The van der Waals surface area contributed by atoms with Gasteiger partial charge in [-0.3, -0.25) is 0 Å². The minimum atomic E-state index is 2.00. The molecule has 0 spiro atoms. The van der Waals surface area contributed by atoms with E-state index < -0.39 is 0 Å². The highest BCUT2D eigenvalue weighted by molar-refractivity contribution is 4.97. The molecular weight excluding hydrogens is 150 g/mol. The molecule has 0 saturated heterocycles. The van der Waals surface area contributed by atoms with Crippen molar-refractivity contribution in [3.8, 4) is 0 Å². The largest absolute Gasteiger partial charge is 0.354 e. The van der Waals surface area contributed by atoms with Crippen LogP contribution in [0.3, 0.4) is 0 Å². The molecule has 1 heterocycles. The molecule has 1 aliphatic heterocycles. The molecule has 1 aliphatic rings. The first-order chi connectivity index (χ1) is 5.68. The van der Waals surface area contributed by atoms with Gasteiger partial charge in [0.25, 0.3) is 0 Å². The molecule has 0 radical (unpaired) electrons. The average Bonchev–Trinajstić information content (AvgIpc) is 2.11. The van der Waals surface area contributed by atoms with E-state index in [0.717, 1.165) is 0 Å². The Morgan fingerprint density at radius 1 is 0.500 bits per heavy atom. The standard InChI is InChI=1S/C9H15N3/c1-10-4-6-11(2)8-9-12(3)7-5-10/h4-9H,1-3H3/b6-4-,7-5+,9-8+. The maximum atomic E-state index is 2.00. The molecule has 0 aromatic rings. The van der Waals surface area contributed by atoms with Crippen molar-refractivity contribution in [2.75, 3.05) is 21.1 Å². The lowest BCUT2D eigenvalue weighted by atomic mass is 10.7. The Kier molecular flexibility index (Phi) is 2.80. The van der Waals surface area contributed by atoms with Crippen LogP contribution in [0.2, 0.25) is 0 Å². The minimum absolute atomic E-state index is 2.00. The summed E-state index contributed by atoms with van der Waals surface area (Å²) in [7, 11) is 6.00. The molecular formula is C9H15N3. The quantitative estimate of drug-likeness (QED) is 0.534. The molecule has 3 nitrogen and oxygen atoms in total. The summed E-state index contributed by atoms with van der Waals surface area (Å²) in [6.07, 6.45) is 12.0. The van der Waals surface area contributed by atoms with Gasteiger partial charge in [0.15, 0.2) is 0 Å². The van der Waals surface area contributed by atoms with Gasteiger partial charge < -0.3 is 14.7 Å². The maximum absolute atomic E-state index is 2.00. The third-order valence-corrected chi connectivity index (χ3v) is 1.61. The summed E-state index contributed by atoms with van der Waals surface area (Å²) in [5, 5.41) is 0. The zero-order valence-electron chi connectivity index (χ0n) is 7.81. The van der Waals surface area contributed by atoms with Crippen molar-refractivity contribution in [3.63, 3.8) is 0 Å². The van der Waals surface area contributed by atoms with E-state index in [-0.39, 0.29) is 0 Å². The third kappa shape index (κ3) is 2.70. The number of rotatable bonds is 0. The van der Waals surface area contributed by atoms with Crippen molar-refractivity contribution >= 4 is 0 Å². The molecule has 0 saturated carbocycles. The van der Waals surface area contributed by atoms with E-state index in [4.69, 9.17) is 0 Å². The second-order valence-corrected chi connectivity index (χ2v) is 2.89. The average molecular weight is 165 g/mol. The van der Waals surface area contributed by atoms with E-state index in [0.29, 0.717) is 0 Å². The van der Waals surface area contributed by atoms with Crippen LogP contribution in [0, 0.1) is 0 Å². The van der Waals surface area contributed by atoms with Gasteiger partial charge in [-0.2, -0.15) is 0 Å². The van der Waals surface area contributed by atoms with Crippen LogP contribution in [-0.4, -0.2) is 35.8 Å². The first-order valence-corrected chi connectivity index (χ1v) is 3.89. The molecule has 66 valence electrons. The van der Waals surface area contributed by atoms with E-state index >= 15 is 0 Å². The summed E-state index contributed by atoms with van der Waals surface area (Å²) in [5.74, 6) is 0. The Hall–Kier alpha value is -1.38. The van der Waals surface area contributed by atoms with Crippen LogP contribution in [0.15, 0.2) is 37.2 Å². The summed E-state index contributed by atoms with van der Waals surface area (Å²) in [5.41, 5.74) is 0. The molecule has 0 unspecified atom stereocenters. The van der Waals surface area contributed by atoms with Gasteiger partial charge in [0.05, 0.1) is 0 Å². The van der Waals surface area contributed by atoms with Crippen molar-refractivity contribution in [3.05, 3.63) is 37.2 Å². The van der Waals surface area contributed by atoms with Gasteiger partial charge in [0, 0.05) is 58.3 Å². The molecule has 0 fully saturated rings. The summed E-state index contributed by atoms with van der Waals surface area (Å²) >= 11 is 0. The van der Waals surface area contributed by atoms with E-state index in [9.17, 15) is 0 Å². The van der Waals surface area contributed by atoms with Crippen molar-refractivity contribution in [1.82, 2.24) is 14.7 Å². The van der Waals surface area contributed by atoms with Crippen molar-refractivity contribution in [1.29, 1.82) is 0 Å². The molecule has 3 heteroatoms. The van der Waals surface area contributed by atoms with Crippen LogP contribution in [-0.2, 0) is 0 Å². The van der Waals surface area contributed by atoms with Gasteiger partial charge in [-0.15, -0.1) is 0 Å². The highest BCUT2D eigenvalue weighted by Crippen LogP contribution is 1.97. The first kappa shape index (κ1) is 8.71. The van der Waals surface area contributed by atoms with Gasteiger partial charge in [-0.1, -0.05) is 0 Å². The zero-order valence-corrected chi connectivity index (χ0v) is 7.81. The van der Waals surface area contributed by atoms with Gasteiger partial charge in [0.2, 0.25) is 0 Å². The maximum Gasteiger partial charge on any atom is 0.0194 e. The second-order valence-electron chi connectivity index (χ2n) is 2.89. The Labute approximate surface area is 73.9 Å². The number of hydrogen-bond acceptors (Lipinski definition) is 3. The fourth-order valence-electron chi connectivity index (χ4n) is 0.780. The van der Waals surface area contributed by atoms with Crippen molar-refractivity contribution in [2.45, 2.75) is 0 Å². The fourth-order valence-corrected chi connectivity index (χ4v) is 0.780. The van der Waals surface area contributed by atoms with Gasteiger partial charge >= 0.3 is 0 Å². The third-order valence-electron chi connectivity index (χ3n) is 1.61. The van der Waals surface area contributed by atoms with Crippen molar-refractivity contribution < 1.29 is 0 Å². The Bertz CT molecular complexity index is 162. The lowest BCUT2D eigenvalue weighted by Crippen LogP contribution is -2.04. The monoisotopic (exact) mass is 165 g/mol. The topological polar surface area (TPSA) is 9.72 Å². The molecule has 12 heavy (non-hydrogen) atoms. The lowest BCUT2D eigenvalue weighted by molar-refractivity contribution is 0.573. The van der Waals surface area contributed by atoms with Crippen molar-refractivity contribution in [2.24, 2.45) is 0 Å². The molecule has 0 amide bonds. The summed E-state index contributed by atoms with van der Waals surface area (Å²) in [6, 6.07) is 0. The summed E-state index contributed by atoms with van der Waals surface area (Å²) in [6.45, 7) is 0. The number of hydrogen-bond donors (Lipinski definition) is 0. The van der Waals surface area contributed by atoms with Crippen LogP contribution in [0.4, 0.5) is 0 Å². The molecule has 0 aromatic carbocycles. The summed E-state index contributed by atoms with van der Waals surface area (Å²) < 4.78 is 0. The van der Waals surface area contributed by atoms with Crippen LogP contribution in [0.25, 0.3) is 0 Å². The van der Waals surface area contributed by atoms with Gasteiger partial charge in [0.1, 0.15) is 0 Å². The van der Waals surface area contributed by atoms with Gasteiger partial charge in [-0.25, -0.2) is 0 Å². The molecule has 0 aliphatic carbocycles. The molecule has 0 N–H and O–H groups in total. The van der Waals surface area contributed by atoms with Crippen LogP contribution < -0.4 is 0 Å². The van der Waals surface area contributed by atoms with Crippen LogP contribution in [0.1, 0.15) is 0 Å². The van der Waals surface area contributed by atoms with E-state index in [2.05, 4.69) is 0 Å².